The number of oxazole rings is 1. The van der Waals surface area contributed by atoms with E-state index in [-0.39, 0.29) is 41.2 Å². The minimum Gasteiger partial charge on any atom is -0.444 e. The standard InChI is InChI=1S/C47H51F2N13O8/c1-3-30(20-39(50-2)53-23-29-4-5-29)45-55-37(27-70-45)43(64)54-36-26-61(58-41(36)42(48)49)33-9-6-28(7-10-33)22-51-14-16-68-18-19-69-17-15-60-25-32(57-59-60)24-52-31-8-11-34-35(21-31)47(67)62(46(34)66)38-12-13-40(63)56-44(38)65/h3,6-11,20-21,25-27,29,38,42,51-53H,2,4-5,12-19,22-24H2,1H3,(H,54,64)(H,56,63,65)/b30-3+,39-20+. The average Bonchev–Trinajstić information content (AvgIpc) is 3.63. The number of aromatic nitrogens is 6. The van der Waals surface area contributed by atoms with Gasteiger partial charge in [0.05, 0.1) is 74.4 Å². The molecule has 21 nitrogen and oxygen atoms in total. The number of halogens is 2. The lowest BCUT2D eigenvalue weighted by Gasteiger charge is -2.27. The van der Waals surface area contributed by atoms with Gasteiger partial charge in [-0.15, -0.1) is 5.10 Å². The van der Waals surface area contributed by atoms with Crippen LogP contribution in [0.2, 0.25) is 0 Å². The minimum absolute atomic E-state index is 0.0459. The van der Waals surface area contributed by atoms with E-state index in [0.717, 1.165) is 23.3 Å². The minimum atomic E-state index is -2.96. The predicted molar refractivity (Wildman–Crippen MR) is 249 cm³/mol. The summed E-state index contributed by atoms with van der Waals surface area (Å²) in [6.07, 6.45) is 7.22. The molecule has 2 aliphatic heterocycles. The van der Waals surface area contributed by atoms with Gasteiger partial charge in [0.2, 0.25) is 17.7 Å². The first-order valence-corrected chi connectivity index (χ1v) is 22.7. The molecule has 2 fully saturated rings. The first-order chi connectivity index (χ1) is 34.0. The highest BCUT2D eigenvalue weighted by atomic mass is 19.3. The smallest absolute Gasteiger partial charge is 0.284 e. The maximum Gasteiger partial charge on any atom is 0.284 e. The largest absolute Gasteiger partial charge is 0.444 e. The van der Waals surface area contributed by atoms with Crippen LogP contribution in [0.5, 0.6) is 0 Å². The number of anilines is 2. The Bertz CT molecular complexity index is 2800. The second-order valence-corrected chi connectivity index (χ2v) is 16.5. The van der Waals surface area contributed by atoms with E-state index >= 15 is 0 Å². The molecular weight excluding hydrogens is 913 g/mol. The van der Waals surface area contributed by atoms with E-state index in [1.165, 1.54) is 29.8 Å². The van der Waals surface area contributed by atoms with Gasteiger partial charge in [-0.1, -0.05) is 23.4 Å². The Balaban J connectivity index is 0.703. The summed E-state index contributed by atoms with van der Waals surface area (Å²) in [7, 11) is 0. The number of carbonyl (C=O) groups is 5. The molecule has 8 rings (SSSR count). The molecule has 0 bridgehead atoms. The molecule has 5 aromatic rings. The van der Waals surface area contributed by atoms with Gasteiger partial charge in [0.15, 0.2) is 11.4 Å². The van der Waals surface area contributed by atoms with Crippen LogP contribution < -0.4 is 26.6 Å². The summed E-state index contributed by atoms with van der Waals surface area (Å²) < 4.78 is 48.0. The molecule has 1 saturated heterocycles. The average molecular weight is 964 g/mol. The molecule has 0 spiro atoms. The number of imide groups is 2. The molecule has 23 heteroatoms. The maximum atomic E-state index is 14.1. The van der Waals surface area contributed by atoms with Crippen molar-refractivity contribution in [3.8, 4) is 5.69 Å². The van der Waals surface area contributed by atoms with E-state index in [2.05, 4.69) is 58.7 Å². The number of aliphatic imine (C=N–C) groups is 1. The van der Waals surface area contributed by atoms with Gasteiger partial charge in [0, 0.05) is 37.3 Å². The van der Waals surface area contributed by atoms with Crippen molar-refractivity contribution in [2.75, 3.05) is 50.2 Å². The van der Waals surface area contributed by atoms with Crippen LogP contribution in [0.15, 0.2) is 88.5 Å². The summed E-state index contributed by atoms with van der Waals surface area (Å²) in [6, 6.07) is 10.9. The van der Waals surface area contributed by atoms with Gasteiger partial charge in [0.1, 0.15) is 23.8 Å². The van der Waals surface area contributed by atoms with Crippen LogP contribution in [-0.4, -0.2) is 116 Å². The third-order valence-corrected chi connectivity index (χ3v) is 11.5. The van der Waals surface area contributed by atoms with Gasteiger partial charge in [0.25, 0.3) is 24.1 Å². The van der Waals surface area contributed by atoms with Crippen molar-refractivity contribution in [3.05, 3.63) is 119 Å². The number of fused-ring (bicyclic) bond motifs is 1. The summed E-state index contributed by atoms with van der Waals surface area (Å²) in [5.74, 6) is -1.68. The van der Waals surface area contributed by atoms with Gasteiger partial charge in [-0.25, -0.2) is 28.1 Å². The van der Waals surface area contributed by atoms with Crippen LogP contribution in [0.4, 0.5) is 20.2 Å². The second-order valence-electron chi connectivity index (χ2n) is 16.5. The first-order valence-electron chi connectivity index (χ1n) is 22.7. The predicted octanol–water partition coefficient (Wildman–Crippen LogP) is 4.42. The number of allylic oxidation sites excluding steroid dienone is 3. The molecular formula is C47H51F2N13O8. The Morgan fingerprint density at radius 1 is 1.00 bits per heavy atom. The van der Waals surface area contributed by atoms with E-state index in [4.69, 9.17) is 13.9 Å². The number of benzene rings is 2. The van der Waals surface area contributed by atoms with E-state index in [9.17, 15) is 32.8 Å². The summed E-state index contributed by atoms with van der Waals surface area (Å²) in [4.78, 5) is 72.3. The van der Waals surface area contributed by atoms with Crippen LogP contribution in [0.3, 0.4) is 0 Å². The number of ether oxygens (including phenoxy) is 2. The summed E-state index contributed by atoms with van der Waals surface area (Å²) in [5, 5.41) is 26.7. The fourth-order valence-corrected chi connectivity index (χ4v) is 7.54. The number of carbonyl (C=O) groups excluding carboxylic acids is 5. The van der Waals surface area contributed by atoms with Crippen molar-refractivity contribution in [2.24, 2.45) is 10.9 Å². The zero-order chi connectivity index (χ0) is 49.1. The van der Waals surface area contributed by atoms with Gasteiger partial charge in [-0.3, -0.25) is 34.2 Å². The van der Waals surface area contributed by atoms with Gasteiger partial charge >= 0.3 is 0 Å². The number of nitrogens with one attached hydrogen (secondary N) is 5. The fraction of sp³-hybridized carbons (Fsp3) is 0.362. The maximum absolute atomic E-state index is 14.1. The van der Waals surface area contributed by atoms with Gasteiger partial charge < -0.3 is 35.2 Å². The Kier molecular flexibility index (Phi) is 15.7. The molecule has 366 valence electrons. The number of nitrogens with zero attached hydrogens (tertiary/aromatic N) is 8. The molecule has 5 amide bonds. The number of rotatable bonds is 25. The van der Waals surface area contributed by atoms with Crippen molar-refractivity contribution >= 4 is 53.2 Å². The summed E-state index contributed by atoms with van der Waals surface area (Å²) >= 11 is 0. The van der Waals surface area contributed by atoms with Crippen LogP contribution in [0.25, 0.3) is 11.3 Å². The summed E-state index contributed by atoms with van der Waals surface area (Å²) in [6.45, 7) is 9.61. The zero-order valence-corrected chi connectivity index (χ0v) is 38.2. The molecule has 1 atom stereocenters. The lowest BCUT2D eigenvalue weighted by Crippen LogP contribution is -2.54. The van der Waals surface area contributed by atoms with Crippen molar-refractivity contribution in [3.63, 3.8) is 0 Å². The van der Waals surface area contributed by atoms with E-state index in [1.54, 1.807) is 54.2 Å². The normalized spacial score (nSPS) is 16.2. The Morgan fingerprint density at radius 2 is 1.79 bits per heavy atom. The molecule has 1 saturated carbocycles. The number of hydrogen-bond donors (Lipinski definition) is 5. The van der Waals surface area contributed by atoms with Crippen LogP contribution >= 0.6 is 0 Å². The van der Waals surface area contributed by atoms with Crippen molar-refractivity contribution < 1.29 is 46.6 Å². The SMILES string of the molecule is C=N/C(=C\C(=C/C)c1nc(C(=O)Nc2cn(-c3ccc(CNCCOCCOCCn4cc(CNc5ccc6c(c5)C(=O)N(C5CCC(=O)NC5=O)C6=O)nn4)cc3)nc2C(F)F)co1)NCC1CC1. The number of hydrogen-bond acceptors (Lipinski definition) is 16. The third-order valence-electron chi connectivity index (χ3n) is 11.5. The molecule has 1 unspecified atom stereocenters. The second kappa shape index (κ2) is 22.6. The molecule has 1 aliphatic carbocycles. The molecule has 5 N–H and O–H groups in total. The van der Waals surface area contributed by atoms with Crippen LogP contribution in [0, 0.1) is 5.92 Å². The topological polar surface area (TPSA) is 254 Å². The molecule has 3 aromatic heterocycles. The van der Waals surface area contributed by atoms with Gasteiger partial charge in [-0.2, -0.15) is 5.10 Å². The quantitative estimate of drug-likeness (QED) is 0.0235. The highest BCUT2D eigenvalue weighted by Crippen LogP contribution is 2.31. The Hall–Kier alpha value is -7.76. The van der Waals surface area contributed by atoms with Crippen molar-refractivity contribution in [1.29, 1.82) is 0 Å². The Morgan fingerprint density at radius 3 is 2.53 bits per heavy atom. The lowest BCUT2D eigenvalue weighted by molar-refractivity contribution is -0.136. The Labute approximate surface area is 399 Å². The molecule has 2 aromatic carbocycles. The van der Waals surface area contributed by atoms with E-state index < -0.39 is 47.7 Å². The van der Waals surface area contributed by atoms with E-state index in [0.29, 0.717) is 87.0 Å². The number of piperidine rings is 1. The van der Waals surface area contributed by atoms with E-state index in [1.807, 2.05) is 12.1 Å². The highest BCUT2D eigenvalue weighted by Gasteiger charge is 2.44. The molecule has 0 radical (unpaired) electrons. The monoisotopic (exact) mass is 963 g/mol. The number of alkyl halides is 2. The molecule has 3 aliphatic rings. The fourth-order valence-electron chi connectivity index (χ4n) is 7.54. The molecule has 5 heterocycles. The van der Waals surface area contributed by atoms with Crippen molar-refractivity contribution in [2.45, 2.75) is 64.7 Å². The number of amides is 5. The first kappa shape index (κ1) is 48.7. The lowest BCUT2D eigenvalue weighted by atomic mass is 10.0. The van der Waals surface area contributed by atoms with Crippen molar-refractivity contribution in [1.82, 2.24) is 50.6 Å². The summed E-state index contributed by atoms with van der Waals surface area (Å²) in [5.41, 5.74) is 2.74. The zero-order valence-electron chi connectivity index (χ0n) is 38.2. The van der Waals surface area contributed by atoms with Crippen LogP contribution in [-0.2, 0) is 38.7 Å². The van der Waals surface area contributed by atoms with Crippen LogP contribution in [0.1, 0.15) is 93.1 Å². The highest BCUT2D eigenvalue weighted by molar-refractivity contribution is 6.23. The molecule has 70 heavy (non-hydrogen) atoms. The third kappa shape index (κ3) is 12.1. The van der Waals surface area contributed by atoms with Gasteiger partial charge in [-0.05, 0) is 80.8 Å².